The Balaban J connectivity index is 2.05. The molecule has 5 nitrogen and oxygen atoms in total. The molecular formula is C14H15NO4S2. The third kappa shape index (κ3) is 4.44. The van der Waals surface area contributed by atoms with Crippen molar-refractivity contribution in [2.24, 2.45) is 0 Å². The van der Waals surface area contributed by atoms with E-state index in [4.69, 9.17) is 9.15 Å². The second-order valence-electron chi connectivity index (χ2n) is 4.21. The van der Waals surface area contributed by atoms with Gasteiger partial charge >= 0.3 is 11.7 Å². The van der Waals surface area contributed by atoms with Crippen molar-refractivity contribution in [2.45, 2.75) is 6.92 Å². The Bertz CT molecular complexity index is 699. The number of amides is 1. The number of benzene rings is 1. The summed E-state index contributed by atoms with van der Waals surface area (Å²) < 4.78 is 10.3. The van der Waals surface area contributed by atoms with E-state index in [1.54, 1.807) is 39.8 Å². The van der Waals surface area contributed by atoms with E-state index in [-0.39, 0.29) is 0 Å². The fourth-order valence-electron chi connectivity index (χ4n) is 1.79. The Hall–Kier alpha value is -1.60. The van der Waals surface area contributed by atoms with E-state index in [0.717, 1.165) is 16.7 Å². The predicted octanol–water partition coefficient (Wildman–Crippen LogP) is 3.20. The molecule has 2 rings (SSSR count). The average molecular weight is 325 g/mol. The van der Waals surface area contributed by atoms with Crippen LogP contribution in [0.15, 0.2) is 33.5 Å². The Labute approximate surface area is 129 Å². The van der Waals surface area contributed by atoms with Crippen molar-refractivity contribution in [2.75, 3.05) is 18.6 Å². The molecule has 0 bridgehead atoms. The van der Waals surface area contributed by atoms with Gasteiger partial charge in [-0.05, 0) is 30.9 Å². The zero-order chi connectivity index (χ0) is 15.2. The van der Waals surface area contributed by atoms with Gasteiger partial charge in [-0.1, -0.05) is 21.6 Å². The SMILES string of the molecule is CSSCCNC(=O)Oc1ccc2c(C)cc(=O)oc2c1. The summed E-state index contributed by atoms with van der Waals surface area (Å²) in [7, 11) is 3.30. The lowest BCUT2D eigenvalue weighted by Crippen LogP contribution is -2.28. The van der Waals surface area contributed by atoms with Crippen LogP contribution in [-0.2, 0) is 0 Å². The van der Waals surface area contributed by atoms with Crippen LogP contribution in [0.3, 0.4) is 0 Å². The first-order valence-electron chi connectivity index (χ1n) is 6.26. The van der Waals surface area contributed by atoms with Gasteiger partial charge in [-0.2, -0.15) is 0 Å². The summed E-state index contributed by atoms with van der Waals surface area (Å²) in [6.45, 7) is 2.36. The van der Waals surface area contributed by atoms with Gasteiger partial charge < -0.3 is 14.5 Å². The molecule has 0 aliphatic rings. The van der Waals surface area contributed by atoms with Crippen LogP contribution in [0.25, 0.3) is 11.0 Å². The third-order valence-corrected chi connectivity index (χ3v) is 4.52. The van der Waals surface area contributed by atoms with Gasteiger partial charge in [-0.15, -0.1) is 0 Å². The van der Waals surface area contributed by atoms with Crippen molar-refractivity contribution in [1.82, 2.24) is 5.32 Å². The van der Waals surface area contributed by atoms with Crippen LogP contribution < -0.4 is 15.7 Å². The Morgan fingerprint density at radius 1 is 1.38 bits per heavy atom. The molecule has 1 aromatic carbocycles. The van der Waals surface area contributed by atoms with Gasteiger partial charge in [0.1, 0.15) is 11.3 Å². The molecule has 1 aromatic heterocycles. The summed E-state index contributed by atoms with van der Waals surface area (Å²) in [5, 5.41) is 3.47. The summed E-state index contributed by atoms with van der Waals surface area (Å²) >= 11 is 0. The van der Waals surface area contributed by atoms with E-state index < -0.39 is 11.7 Å². The molecule has 21 heavy (non-hydrogen) atoms. The number of rotatable bonds is 5. The minimum Gasteiger partial charge on any atom is -0.423 e. The molecule has 0 saturated carbocycles. The summed E-state index contributed by atoms with van der Waals surface area (Å²) in [5.74, 6) is 1.15. The fourth-order valence-corrected chi connectivity index (χ4v) is 2.89. The summed E-state index contributed by atoms with van der Waals surface area (Å²) in [4.78, 5) is 23.0. The van der Waals surface area contributed by atoms with Crippen molar-refractivity contribution in [3.8, 4) is 5.75 Å². The van der Waals surface area contributed by atoms with Gasteiger partial charge in [0.25, 0.3) is 0 Å². The molecule has 1 heterocycles. The molecule has 0 aliphatic heterocycles. The van der Waals surface area contributed by atoms with E-state index in [0.29, 0.717) is 17.9 Å². The van der Waals surface area contributed by atoms with Crippen LogP contribution in [0, 0.1) is 6.92 Å². The largest absolute Gasteiger partial charge is 0.423 e. The van der Waals surface area contributed by atoms with Crippen molar-refractivity contribution < 1.29 is 13.9 Å². The summed E-state index contributed by atoms with van der Waals surface area (Å²) in [6.07, 6.45) is 1.46. The Morgan fingerprint density at radius 2 is 2.19 bits per heavy atom. The highest BCUT2D eigenvalue weighted by molar-refractivity contribution is 8.76. The van der Waals surface area contributed by atoms with Crippen LogP contribution in [0.4, 0.5) is 4.79 Å². The molecule has 0 saturated heterocycles. The van der Waals surface area contributed by atoms with Crippen LogP contribution >= 0.6 is 21.6 Å². The maximum Gasteiger partial charge on any atom is 0.412 e. The quantitative estimate of drug-likeness (QED) is 0.517. The lowest BCUT2D eigenvalue weighted by Gasteiger charge is -2.07. The average Bonchev–Trinajstić information content (AvgIpc) is 2.43. The summed E-state index contributed by atoms with van der Waals surface area (Å²) in [6, 6.07) is 6.41. The number of fused-ring (bicyclic) bond motifs is 1. The number of aryl methyl sites for hydroxylation is 1. The van der Waals surface area contributed by atoms with Gasteiger partial charge in [0.2, 0.25) is 0 Å². The first-order valence-corrected chi connectivity index (χ1v) is 8.98. The smallest absolute Gasteiger partial charge is 0.412 e. The molecule has 0 unspecified atom stereocenters. The van der Waals surface area contributed by atoms with Crippen LogP contribution in [0.1, 0.15) is 5.56 Å². The normalized spacial score (nSPS) is 10.6. The molecule has 112 valence electrons. The monoisotopic (exact) mass is 325 g/mol. The van der Waals surface area contributed by atoms with Crippen LogP contribution in [-0.4, -0.2) is 24.6 Å². The maximum atomic E-state index is 11.6. The molecular weight excluding hydrogens is 310 g/mol. The van der Waals surface area contributed by atoms with Crippen molar-refractivity contribution in [1.29, 1.82) is 0 Å². The maximum absolute atomic E-state index is 11.6. The number of ether oxygens (including phenoxy) is 1. The zero-order valence-corrected chi connectivity index (χ0v) is 13.3. The van der Waals surface area contributed by atoms with Gasteiger partial charge in [0.05, 0.1) is 0 Å². The second kappa shape index (κ2) is 7.42. The standard InChI is InChI=1S/C14H15NO4S2/c1-9-7-13(16)19-12-8-10(3-4-11(9)12)18-14(17)15-5-6-21-20-2/h3-4,7-8H,5-6H2,1-2H3,(H,15,17). The molecule has 0 fully saturated rings. The van der Waals surface area contributed by atoms with E-state index in [1.807, 2.05) is 13.2 Å². The minimum atomic E-state index is -0.522. The molecule has 0 atom stereocenters. The zero-order valence-electron chi connectivity index (χ0n) is 11.7. The van der Waals surface area contributed by atoms with E-state index in [2.05, 4.69) is 5.32 Å². The third-order valence-electron chi connectivity index (χ3n) is 2.71. The molecule has 1 amide bonds. The molecule has 0 spiro atoms. The first kappa shape index (κ1) is 15.8. The molecule has 7 heteroatoms. The topological polar surface area (TPSA) is 68.5 Å². The highest BCUT2D eigenvalue weighted by atomic mass is 33.1. The number of carbonyl (C=O) groups excluding carboxylic acids is 1. The first-order chi connectivity index (χ1) is 10.1. The van der Waals surface area contributed by atoms with Crippen molar-refractivity contribution in [3.63, 3.8) is 0 Å². The van der Waals surface area contributed by atoms with Crippen molar-refractivity contribution >= 4 is 38.7 Å². The predicted molar refractivity (Wildman–Crippen MR) is 87.2 cm³/mol. The molecule has 0 aliphatic carbocycles. The highest BCUT2D eigenvalue weighted by Gasteiger charge is 2.07. The highest BCUT2D eigenvalue weighted by Crippen LogP contribution is 2.22. The summed E-state index contributed by atoms with van der Waals surface area (Å²) in [5.41, 5.74) is 0.810. The lowest BCUT2D eigenvalue weighted by molar-refractivity contribution is 0.201. The number of hydrogen-bond donors (Lipinski definition) is 1. The van der Waals surface area contributed by atoms with Gasteiger partial charge in [0, 0.05) is 29.8 Å². The Morgan fingerprint density at radius 3 is 2.95 bits per heavy atom. The number of carbonyl (C=O) groups is 1. The molecule has 2 aromatic rings. The Kier molecular flexibility index (Phi) is 5.58. The van der Waals surface area contributed by atoms with Gasteiger partial charge in [-0.25, -0.2) is 9.59 Å². The van der Waals surface area contributed by atoms with E-state index in [9.17, 15) is 9.59 Å². The van der Waals surface area contributed by atoms with E-state index in [1.165, 1.54) is 6.07 Å². The number of nitrogens with one attached hydrogen (secondary N) is 1. The van der Waals surface area contributed by atoms with Crippen LogP contribution in [0.5, 0.6) is 5.75 Å². The molecule has 0 radical (unpaired) electrons. The second-order valence-corrected chi connectivity index (χ2v) is 6.90. The van der Waals surface area contributed by atoms with Gasteiger partial charge in [-0.3, -0.25) is 0 Å². The number of hydrogen-bond acceptors (Lipinski definition) is 6. The van der Waals surface area contributed by atoms with Crippen molar-refractivity contribution in [3.05, 3.63) is 40.2 Å². The van der Waals surface area contributed by atoms with Gasteiger partial charge in [0.15, 0.2) is 0 Å². The van der Waals surface area contributed by atoms with Crippen LogP contribution in [0.2, 0.25) is 0 Å². The fraction of sp³-hybridized carbons (Fsp3) is 0.286. The lowest BCUT2D eigenvalue weighted by atomic mass is 10.1. The molecule has 1 N–H and O–H groups in total. The van der Waals surface area contributed by atoms with E-state index >= 15 is 0 Å². The minimum absolute atomic E-state index is 0.339.